The molecule has 6 heteroatoms. The van der Waals surface area contributed by atoms with E-state index in [1.165, 1.54) is 43.8 Å². The van der Waals surface area contributed by atoms with Crippen molar-refractivity contribution in [2.75, 3.05) is 7.11 Å². The second-order valence-electron chi connectivity index (χ2n) is 2.86. The van der Waals surface area contributed by atoms with Gasteiger partial charge in [0.05, 0.1) is 13.3 Å². The molecule has 0 atom stereocenters. The zero-order chi connectivity index (χ0) is 12.7. The van der Waals surface area contributed by atoms with E-state index in [4.69, 9.17) is 9.84 Å². The molecular weight excluding hydrogens is 224 g/mol. The summed E-state index contributed by atoms with van der Waals surface area (Å²) >= 11 is 0. The number of pyridine rings is 2. The Bertz CT molecular complexity index is 438. The maximum atomic E-state index is 10.4. The van der Waals surface area contributed by atoms with Crippen LogP contribution in [0.25, 0.3) is 0 Å². The van der Waals surface area contributed by atoms with Crippen molar-refractivity contribution in [3.05, 3.63) is 36.7 Å². The molecule has 2 heterocycles. The summed E-state index contributed by atoms with van der Waals surface area (Å²) in [5, 5.41) is 29.2. The summed E-state index contributed by atoms with van der Waals surface area (Å²) in [6.07, 6.45) is 2.58. The number of aromatic nitrogens is 2. The van der Waals surface area contributed by atoms with Crippen LogP contribution in [0.4, 0.5) is 0 Å². The monoisotopic (exact) mass is 234 g/mol. The van der Waals surface area contributed by atoms with Crippen molar-refractivity contribution in [2.24, 2.45) is 0 Å². The molecule has 17 heavy (non-hydrogen) atoms. The van der Waals surface area contributed by atoms with Crippen LogP contribution in [-0.2, 0) is 10.2 Å². The van der Waals surface area contributed by atoms with Gasteiger partial charge in [0.25, 0.3) is 5.88 Å². The fourth-order valence-electron chi connectivity index (χ4n) is 0.870. The van der Waals surface area contributed by atoms with Gasteiger partial charge in [-0.3, -0.25) is 10.2 Å². The number of ether oxygens (including phenoxy) is 1. The Hall–Kier alpha value is -2.50. The number of nitrogens with zero attached hydrogens (tertiary/aromatic N) is 2. The van der Waals surface area contributed by atoms with Crippen LogP contribution >= 0.6 is 0 Å². The summed E-state index contributed by atoms with van der Waals surface area (Å²) in [6, 6.07) is 5.67. The average molecular weight is 234 g/mol. The quantitative estimate of drug-likeness (QED) is 0.817. The third-order valence-electron chi connectivity index (χ3n) is 1.67. The molecule has 0 bridgehead atoms. The molecule has 0 aromatic carbocycles. The minimum absolute atomic E-state index is 0.101. The van der Waals surface area contributed by atoms with Crippen molar-refractivity contribution in [3.63, 3.8) is 0 Å². The zero-order valence-electron chi connectivity index (χ0n) is 9.03. The van der Waals surface area contributed by atoms with E-state index in [-0.39, 0.29) is 5.75 Å². The third-order valence-corrected chi connectivity index (χ3v) is 1.67. The minimum Gasteiger partial charge on any atom is -0.491 e. The summed E-state index contributed by atoms with van der Waals surface area (Å²) in [6.45, 7) is 0. The van der Waals surface area contributed by atoms with Crippen molar-refractivity contribution in [3.8, 4) is 23.3 Å². The molecule has 0 saturated carbocycles. The SMILES string of the molecule is COc1ccc([O])cn1.[O]c1cccnc1O. The molecule has 0 fully saturated rings. The van der Waals surface area contributed by atoms with E-state index in [2.05, 4.69) is 9.97 Å². The first-order valence-corrected chi connectivity index (χ1v) is 4.61. The van der Waals surface area contributed by atoms with Crippen molar-refractivity contribution in [2.45, 2.75) is 0 Å². The highest BCUT2D eigenvalue weighted by atomic mass is 16.5. The van der Waals surface area contributed by atoms with Gasteiger partial charge in [0.1, 0.15) is 0 Å². The highest BCUT2D eigenvalue weighted by molar-refractivity contribution is 5.28. The second kappa shape index (κ2) is 6.16. The van der Waals surface area contributed by atoms with E-state index in [9.17, 15) is 10.2 Å². The standard InChI is InChI=1S/C6H6NO2.C5H4NO2/c1-9-6-3-2-5(8)4-7-6;7-4-2-1-3-6-5(4)8/h2-4H,1H3;1-3H,(H,6,8). The molecule has 1 N–H and O–H groups in total. The second-order valence-corrected chi connectivity index (χ2v) is 2.86. The van der Waals surface area contributed by atoms with Crippen LogP contribution in [0.5, 0.6) is 23.3 Å². The van der Waals surface area contributed by atoms with Crippen LogP contribution in [0.15, 0.2) is 36.7 Å². The van der Waals surface area contributed by atoms with E-state index in [0.29, 0.717) is 5.88 Å². The molecule has 0 saturated heterocycles. The van der Waals surface area contributed by atoms with E-state index in [1.54, 1.807) is 0 Å². The summed E-state index contributed by atoms with van der Waals surface area (Å²) in [5.41, 5.74) is 0. The summed E-state index contributed by atoms with van der Waals surface area (Å²) in [7, 11) is 1.51. The van der Waals surface area contributed by atoms with Gasteiger partial charge in [-0.15, -0.1) is 0 Å². The van der Waals surface area contributed by atoms with Crippen LogP contribution in [0.1, 0.15) is 0 Å². The van der Waals surface area contributed by atoms with E-state index in [0.717, 1.165) is 0 Å². The van der Waals surface area contributed by atoms with Gasteiger partial charge in [0, 0.05) is 12.3 Å². The van der Waals surface area contributed by atoms with Crippen LogP contribution in [0.2, 0.25) is 0 Å². The van der Waals surface area contributed by atoms with Gasteiger partial charge in [-0.1, -0.05) is 0 Å². The smallest absolute Gasteiger partial charge is 0.259 e. The van der Waals surface area contributed by atoms with Gasteiger partial charge < -0.3 is 9.84 Å². The normalized spacial score (nSPS) is 9.00. The Kier molecular flexibility index (Phi) is 4.56. The van der Waals surface area contributed by atoms with Crippen LogP contribution in [0.3, 0.4) is 0 Å². The van der Waals surface area contributed by atoms with Crippen LogP contribution < -0.4 is 4.74 Å². The summed E-state index contributed by atoms with van der Waals surface area (Å²) in [5.74, 6) is -0.509. The lowest BCUT2D eigenvalue weighted by Gasteiger charge is -1.93. The predicted octanol–water partition coefficient (Wildman–Crippen LogP) is 2.16. The number of methoxy groups -OCH3 is 1. The zero-order valence-corrected chi connectivity index (χ0v) is 9.03. The Labute approximate surface area is 97.8 Å². The Morgan fingerprint density at radius 3 is 2.35 bits per heavy atom. The molecule has 2 rings (SSSR count). The van der Waals surface area contributed by atoms with Crippen molar-refractivity contribution >= 4 is 0 Å². The lowest BCUT2D eigenvalue weighted by Crippen LogP contribution is -1.83. The Morgan fingerprint density at radius 2 is 1.94 bits per heavy atom. The van der Waals surface area contributed by atoms with Gasteiger partial charge in [-0.05, 0) is 18.2 Å². The van der Waals surface area contributed by atoms with Gasteiger partial charge in [-0.25, -0.2) is 9.97 Å². The first-order valence-electron chi connectivity index (χ1n) is 4.61. The fraction of sp³-hybridized carbons (Fsp3) is 0.0909. The highest BCUT2D eigenvalue weighted by Gasteiger charge is 1.95. The fourth-order valence-corrected chi connectivity index (χ4v) is 0.870. The van der Waals surface area contributed by atoms with Crippen molar-refractivity contribution < 1.29 is 20.1 Å². The number of hydrogen-bond acceptors (Lipinski definition) is 4. The van der Waals surface area contributed by atoms with Crippen LogP contribution in [0, 0.1) is 0 Å². The van der Waals surface area contributed by atoms with Crippen molar-refractivity contribution in [1.29, 1.82) is 0 Å². The molecule has 0 aliphatic rings. The Morgan fingerprint density at radius 1 is 1.18 bits per heavy atom. The van der Waals surface area contributed by atoms with E-state index >= 15 is 0 Å². The molecule has 0 amide bonds. The van der Waals surface area contributed by atoms with E-state index < -0.39 is 11.6 Å². The molecule has 0 aliphatic heterocycles. The summed E-state index contributed by atoms with van der Waals surface area (Å²) < 4.78 is 4.72. The highest BCUT2D eigenvalue weighted by Crippen LogP contribution is 2.18. The van der Waals surface area contributed by atoms with Crippen LogP contribution in [-0.4, -0.2) is 22.2 Å². The lowest BCUT2D eigenvalue weighted by atomic mass is 10.4. The molecule has 2 radical (unpaired) electrons. The van der Waals surface area contributed by atoms with E-state index in [1.807, 2.05) is 0 Å². The lowest BCUT2D eigenvalue weighted by molar-refractivity contribution is 0.317. The maximum absolute atomic E-state index is 10.4. The van der Waals surface area contributed by atoms with Gasteiger partial charge >= 0.3 is 0 Å². The molecule has 88 valence electrons. The number of rotatable bonds is 1. The Balaban J connectivity index is 0.000000171. The molecule has 0 aliphatic carbocycles. The molecule has 6 nitrogen and oxygen atoms in total. The molecular formula is C11H10N2O4. The van der Waals surface area contributed by atoms with Crippen molar-refractivity contribution in [1.82, 2.24) is 9.97 Å². The number of hydrogen-bond donors (Lipinski definition) is 1. The molecule has 0 spiro atoms. The topological polar surface area (TPSA) is 95.0 Å². The molecule has 2 aromatic rings. The average Bonchev–Trinajstić information content (AvgIpc) is 2.35. The largest absolute Gasteiger partial charge is 0.491 e. The molecule has 2 aromatic heterocycles. The maximum Gasteiger partial charge on any atom is 0.259 e. The van der Waals surface area contributed by atoms with Gasteiger partial charge in [-0.2, -0.15) is 0 Å². The first kappa shape index (κ1) is 12.6. The summed E-state index contributed by atoms with van der Waals surface area (Å²) in [4.78, 5) is 6.98. The van der Waals surface area contributed by atoms with Gasteiger partial charge in [0.15, 0.2) is 5.75 Å². The first-order chi connectivity index (χ1) is 8.13. The van der Waals surface area contributed by atoms with Gasteiger partial charge in [0.2, 0.25) is 11.6 Å². The minimum atomic E-state index is -0.437. The third kappa shape index (κ3) is 4.25. The number of aromatic hydroxyl groups is 1. The predicted molar refractivity (Wildman–Crippen MR) is 57.0 cm³/mol. The molecule has 0 unspecified atom stereocenters.